The van der Waals surface area contributed by atoms with Crippen LogP contribution in [0.15, 0.2) is 11.6 Å². The summed E-state index contributed by atoms with van der Waals surface area (Å²) in [4.78, 5) is 2.58. The monoisotopic (exact) mass is 196 g/mol. The molecule has 1 N–H and O–H groups in total. The summed E-state index contributed by atoms with van der Waals surface area (Å²) in [5.74, 6) is 0.729. The number of hydrogen-bond acceptors (Lipinski definition) is 2. The first-order valence-corrected chi connectivity index (χ1v) is 5.69. The van der Waals surface area contributed by atoms with Crippen molar-refractivity contribution in [2.45, 2.75) is 33.2 Å². The van der Waals surface area contributed by atoms with Gasteiger partial charge in [-0.15, -0.1) is 0 Å². The first-order valence-electron chi connectivity index (χ1n) is 5.69. The van der Waals surface area contributed by atoms with E-state index in [9.17, 15) is 0 Å². The Balaban J connectivity index is 2.41. The number of nitrogens with zero attached hydrogens (tertiary/aromatic N) is 1. The van der Waals surface area contributed by atoms with Crippen LogP contribution in [0.3, 0.4) is 0 Å². The molecule has 0 bridgehead atoms. The molecule has 1 aliphatic rings. The summed E-state index contributed by atoms with van der Waals surface area (Å²) in [5.41, 5.74) is 1.55. The average Bonchev–Trinajstić information content (AvgIpc) is 2.18. The Morgan fingerprint density at radius 1 is 1.50 bits per heavy atom. The average molecular weight is 196 g/mol. The van der Waals surface area contributed by atoms with Gasteiger partial charge in [0, 0.05) is 19.1 Å². The maximum absolute atomic E-state index is 3.25. The summed E-state index contributed by atoms with van der Waals surface area (Å²) >= 11 is 0. The summed E-state index contributed by atoms with van der Waals surface area (Å²) in [6.45, 7) is 10.4. The van der Waals surface area contributed by atoms with Gasteiger partial charge in [0.05, 0.1) is 0 Å². The highest BCUT2D eigenvalue weighted by molar-refractivity contribution is 5.04. The Morgan fingerprint density at radius 2 is 2.21 bits per heavy atom. The van der Waals surface area contributed by atoms with Gasteiger partial charge < -0.3 is 5.32 Å². The van der Waals surface area contributed by atoms with E-state index in [2.05, 4.69) is 37.1 Å². The Kier molecular flexibility index (Phi) is 4.63. The van der Waals surface area contributed by atoms with Crippen molar-refractivity contribution in [1.29, 1.82) is 0 Å². The third-order valence-electron chi connectivity index (χ3n) is 3.39. The molecule has 0 radical (unpaired) electrons. The molecule has 1 heterocycles. The van der Waals surface area contributed by atoms with Gasteiger partial charge in [0.2, 0.25) is 0 Å². The van der Waals surface area contributed by atoms with Crippen LogP contribution in [0.25, 0.3) is 0 Å². The molecule has 0 amide bonds. The Hall–Kier alpha value is -0.340. The van der Waals surface area contributed by atoms with Crippen LogP contribution in [0.4, 0.5) is 0 Å². The molecule has 2 unspecified atom stereocenters. The molecule has 0 aromatic carbocycles. The molecule has 0 fully saturated rings. The second-order valence-electron chi connectivity index (χ2n) is 4.57. The van der Waals surface area contributed by atoms with Crippen molar-refractivity contribution < 1.29 is 0 Å². The molecule has 2 atom stereocenters. The van der Waals surface area contributed by atoms with E-state index in [1.54, 1.807) is 5.57 Å². The highest BCUT2D eigenvalue weighted by Crippen LogP contribution is 2.16. The quantitative estimate of drug-likeness (QED) is 0.691. The molecule has 2 heteroatoms. The fourth-order valence-electron chi connectivity index (χ4n) is 2.01. The Labute approximate surface area is 88.4 Å². The zero-order valence-electron chi connectivity index (χ0n) is 10.0. The van der Waals surface area contributed by atoms with Crippen molar-refractivity contribution in [2.75, 3.05) is 26.7 Å². The van der Waals surface area contributed by atoms with Gasteiger partial charge in [0.25, 0.3) is 0 Å². The molecular formula is C12H24N2. The van der Waals surface area contributed by atoms with Crippen LogP contribution in [0.5, 0.6) is 0 Å². The predicted molar refractivity (Wildman–Crippen MR) is 62.5 cm³/mol. The lowest BCUT2D eigenvalue weighted by atomic mass is 9.99. The van der Waals surface area contributed by atoms with Crippen LogP contribution in [-0.4, -0.2) is 37.6 Å². The lowest BCUT2D eigenvalue weighted by molar-refractivity contribution is 0.172. The minimum Gasteiger partial charge on any atom is -0.319 e. The van der Waals surface area contributed by atoms with E-state index in [-0.39, 0.29) is 0 Å². The molecule has 0 saturated heterocycles. The van der Waals surface area contributed by atoms with Crippen molar-refractivity contribution in [2.24, 2.45) is 5.92 Å². The number of hydrogen-bond donors (Lipinski definition) is 1. The molecule has 0 aliphatic carbocycles. The minimum atomic E-state index is 0.687. The van der Waals surface area contributed by atoms with Gasteiger partial charge in [-0.2, -0.15) is 0 Å². The summed E-state index contributed by atoms with van der Waals surface area (Å²) in [5, 5.41) is 3.25. The van der Waals surface area contributed by atoms with E-state index in [0.717, 1.165) is 19.0 Å². The second-order valence-corrected chi connectivity index (χ2v) is 4.57. The summed E-state index contributed by atoms with van der Waals surface area (Å²) in [6, 6.07) is 0.687. The van der Waals surface area contributed by atoms with E-state index in [1.165, 1.54) is 13.0 Å². The van der Waals surface area contributed by atoms with Crippen molar-refractivity contribution in [3.8, 4) is 0 Å². The van der Waals surface area contributed by atoms with Crippen molar-refractivity contribution in [1.82, 2.24) is 10.2 Å². The molecular weight excluding hydrogens is 172 g/mol. The predicted octanol–water partition coefficient (Wildman–Crippen LogP) is 1.88. The minimum absolute atomic E-state index is 0.687. The lowest BCUT2D eigenvalue weighted by Crippen LogP contribution is -2.42. The fourth-order valence-corrected chi connectivity index (χ4v) is 2.01. The number of nitrogens with one attached hydrogen (secondary N) is 1. The van der Waals surface area contributed by atoms with Gasteiger partial charge in [0.1, 0.15) is 0 Å². The first kappa shape index (κ1) is 11.7. The molecule has 2 nitrogen and oxygen atoms in total. The molecule has 14 heavy (non-hydrogen) atoms. The first-order chi connectivity index (χ1) is 6.65. The smallest absolute Gasteiger partial charge is 0.0168 e. The molecule has 0 aromatic heterocycles. The number of rotatable bonds is 4. The van der Waals surface area contributed by atoms with Crippen LogP contribution < -0.4 is 5.32 Å². The summed E-state index contributed by atoms with van der Waals surface area (Å²) in [6.07, 6.45) is 3.61. The zero-order valence-corrected chi connectivity index (χ0v) is 10.0. The Bertz CT molecular complexity index is 198. The van der Waals surface area contributed by atoms with Crippen molar-refractivity contribution in [3.05, 3.63) is 11.6 Å². The van der Waals surface area contributed by atoms with Crippen LogP contribution in [0.1, 0.15) is 27.2 Å². The molecule has 1 aliphatic heterocycles. The van der Waals surface area contributed by atoms with Gasteiger partial charge in [-0.1, -0.05) is 18.6 Å². The lowest BCUT2D eigenvalue weighted by Gasteiger charge is -2.34. The van der Waals surface area contributed by atoms with E-state index in [4.69, 9.17) is 0 Å². The second kappa shape index (κ2) is 5.52. The van der Waals surface area contributed by atoms with Crippen LogP contribution >= 0.6 is 0 Å². The molecule has 1 rings (SSSR count). The highest BCUT2D eigenvalue weighted by atomic mass is 15.2. The van der Waals surface area contributed by atoms with Crippen LogP contribution in [0, 0.1) is 5.92 Å². The molecule has 0 aromatic rings. The summed E-state index contributed by atoms with van der Waals surface area (Å²) < 4.78 is 0. The van der Waals surface area contributed by atoms with Crippen LogP contribution in [0.2, 0.25) is 0 Å². The fraction of sp³-hybridized carbons (Fsp3) is 0.833. The maximum atomic E-state index is 3.25. The Morgan fingerprint density at radius 3 is 2.71 bits per heavy atom. The molecule has 82 valence electrons. The largest absolute Gasteiger partial charge is 0.319 e. The molecule has 0 spiro atoms. The third-order valence-corrected chi connectivity index (χ3v) is 3.39. The van der Waals surface area contributed by atoms with Gasteiger partial charge in [-0.3, -0.25) is 4.90 Å². The molecule has 0 saturated carbocycles. The third kappa shape index (κ3) is 3.10. The standard InChI is InChI=1S/C12H24N2/c1-10-5-7-14(8-6-10)12(3)11(2)9-13-4/h5,11-13H,6-9H2,1-4H3. The van der Waals surface area contributed by atoms with E-state index >= 15 is 0 Å². The topological polar surface area (TPSA) is 15.3 Å². The van der Waals surface area contributed by atoms with Gasteiger partial charge in [-0.25, -0.2) is 0 Å². The van der Waals surface area contributed by atoms with Crippen molar-refractivity contribution in [3.63, 3.8) is 0 Å². The van der Waals surface area contributed by atoms with E-state index < -0.39 is 0 Å². The normalized spacial score (nSPS) is 23.0. The summed E-state index contributed by atoms with van der Waals surface area (Å²) in [7, 11) is 2.03. The maximum Gasteiger partial charge on any atom is 0.0168 e. The van der Waals surface area contributed by atoms with Crippen molar-refractivity contribution >= 4 is 0 Å². The SMILES string of the molecule is CNCC(C)C(C)N1CC=C(C)CC1. The van der Waals surface area contributed by atoms with Crippen LogP contribution in [-0.2, 0) is 0 Å². The highest BCUT2D eigenvalue weighted by Gasteiger charge is 2.20. The zero-order chi connectivity index (χ0) is 10.6. The van der Waals surface area contributed by atoms with Gasteiger partial charge in [0.15, 0.2) is 0 Å². The van der Waals surface area contributed by atoms with E-state index in [1.807, 2.05) is 7.05 Å². The van der Waals surface area contributed by atoms with Gasteiger partial charge >= 0.3 is 0 Å². The van der Waals surface area contributed by atoms with Gasteiger partial charge in [-0.05, 0) is 39.8 Å². The van der Waals surface area contributed by atoms with E-state index in [0.29, 0.717) is 6.04 Å².